The van der Waals surface area contributed by atoms with Gasteiger partial charge in [-0.3, -0.25) is 4.52 Å². The standard InChI is InChI=1S/C8H16Br3O4P.Na.H/c1-8(2,5-15-16(12,13)14)7(11)3-6(10)4-9;;/h6-7H,3-5H2,1-2H3,(H2,12,13,14);;. The van der Waals surface area contributed by atoms with Crippen LogP contribution in [0.15, 0.2) is 0 Å². The molecule has 2 N–H and O–H groups in total. The second-order valence-electron chi connectivity index (χ2n) is 4.21. The first-order valence-electron chi connectivity index (χ1n) is 4.62. The first kappa shape index (κ1) is 21.8. The van der Waals surface area contributed by atoms with Crippen LogP contribution in [0.2, 0.25) is 0 Å². The molecule has 2 unspecified atom stereocenters. The molecule has 0 aromatic carbocycles. The third-order valence-electron chi connectivity index (χ3n) is 2.08. The van der Waals surface area contributed by atoms with Gasteiger partial charge in [0, 0.05) is 20.4 Å². The van der Waals surface area contributed by atoms with Crippen molar-refractivity contribution in [3.05, 3.63) is 0 Å². The number of halogens is 3. The summed E-state index contributed by atoms with van der Waals surface area (Å²) in [7, 11) is -4.38. The fraction of sp³-hybridized carbons (Fsp3) is 1.00. The van der Waals surface area contributed by atoms with Crippen molar-refractivity contribution in [3.63, 3.8) is 0 Å². The summed E-state index contributed by atoms with van der Waals surface area (Å²) in [5, 5.41) is 0.824. The third-order valence-corrected chi connectivity index (χ3v) is 6.51. The molecule has 0 bridgehead atoms. The van der Waals surface area contributed by atoms with E-state index in [1.165, 1.54) is 0 Å². The Morgan fingerprint density at radius 2 is 1.82 bits per heavy atom. The van der Waals surface area contributed by atoms with E-state index in [4.69, 9.17) is 9.79 Å². The Morgan fingerprint density at radius 3 is 2.18 bits per heavy atom. The summed E-state index contributed by atoms with van der Waals surface area (Å²) >= 11 is 10.4. The second kappa shape index (κ2) is 9.48. The summed E-state index contributed by atoms with van der Waals surface area (Å²) in [6, 6.07) is 0. The predicted molar refractivity (Wildman–Crippen MR) is 82.8 cm³/mol. The van der Waals surface area contributed by atoms with Crippen LogP contribution in [-0.4, -0.2) is 60.9 Å². The first-order valence-corrected chi connectivity index (χ1v) is 9.11. The van der Waals surface area contributed by atoms with E-state index in [-0.39, 0.29) is 46.4 Å². The molecule has 0 fully saturated rings. The summed E-state index contributed by atoms with van der Waals surface area (Å²) in [4.78, 5) is 17.7. The fourth-order valence-corrected chi connectivity index (χ4v) is 3.17. The van der Waals surface area contributed by atoms with Crippen molar-refractivity contribution < 1.29 is 18.9 Å². The fourth-order valence-electron chi connectivity index (χ4n) is 0.947. The summed E-state index contributed by atoms with van der Waals surface area (Å²) in [5.74, 6) is 0. The van der Waals surface area contributed by atoms with Crippen molar-refractivity contribution >= 4 is 85.2 Å². The molecule has 0 saturated heterocycles. The zero-order chi connectivity index (χ0) is 13.0. The van der Waals surface area contributed by atoms with Crippen molar-refractivity contribution in [1.82, 2.24) is 0 Å². The Labute approximate surface area is 150 Å². The zero-order valence-corrected chi connectivity index (χ0v) is 14.7. The van der Waals surface area contributed by atoms with Gasteiger partial charge < -0.3 is 9.79 Å². The van der Waals surface area contributed by atoms with Crippen LogP contribution in [-0.2, 0) is 9.09 Å². The Kier molecular flexibility index (Phi) is 12.2. The molecule has 0 amide bonds. The number of hydrogen-bond donors (Lipinski definition) is 2. The molecule has 0 spiro atoms. The van der Waals surface area contributed by atoms with Crippen molar-refractivity contribution in [1.29, 1.82) is 0 Å². The van der Waals surface area contributed by atoms with Gasteiger partial charge in [0.15, 0.2) is 0 Å². The molecule has 0 radical (unpaired) electrons. The minimum absolute atomic E-state index is 0. The maximum atomic E-state index is 10.6. The average Bonchev–Trinajstić information content (AvgIpc) is 2.13. The van der Waals surface area contributed by atoms with Gasteiger partial charge in [-0.2, -0.15) is 0 Å². The molecule has 0 heterocycles. The van der Waals surface area contributed by atoms with Gasteiger partial charge in [-0.25, -0.2) is 4.57 Å². The van der Waals surface area contributed by atoms with Crippen molar-refractivity contribution in [2.75, 3.05) is 11.9 Å². The van der Waals surface area contributed by atoms with E-state index in [9.17, 15) is 4.57 Å². The van der Waals surface area contributed by atoms with E-state index in [0.717, 1.165) is 11.8 Å². The predicted octanol–water partition coefficient (Wildman–Crippen LogP) is 2.79. The molecular weight excluding hydrogens is 454 g/mol. The minimum atomic E-state index is -4.38. The van der Waals surface area contributed by atoms with E-state index >= 15 is 0 Å². The van der Waals surface area contributed by atoms with Crippen LogP contribution in [0, 0.1) is 5.41 Å². The number of alkyl halides is 3. The molecule has 100 valence electrons. The molecule has 0 aromatic rings. The van der Waals surface area contributed by atoms with Gasteiger partial charge in [0.1, 0.15) is 0 Å². The molecule has 2 atom stereocenters. The van der Waals surface area contributed by atoms with Gasteiger partial charge in [-0.1, -0.05) is 61.6 Å². The second-order valence-corrected chi connectivity index (χ2v) is 8.49. The van der Waals surface area contributed by atoms with E-state index in [1.54, 1.807) is 0 Å². The Bertz CT molecular complexity index is 261. The molecule has 4 nitrogen and oxygen atoms in total. The number of phosphoric ester groups is 1. The topological polar surface area (TPSA) is 66.8 Å². The number of rotatable bonds is 7. The van der Waals surface area contributed by atoms with Crippen molar-refractivity contribution in [2.24, 2.45) is 5.41 Å². The van der Waals surface area contributed by atoms with E-state index < -0.39 is 7.82 Å². The zero-order valence-electron chi connectivity index (χ0n) is 9.07. The van der Waals surface area contributed by atoms with Crippen LogP contribution >= 0.6 is 55.6 Å². The molecule has 0 rings (SSSR count). The van der Waals surface area contributed by atoms with Crippen LogP contribution in [0.4, 0.5) is 0 Å². The molecule has 0 aliphatic carbocycles. The van der Waals surface area contributed by atoms with Crippen molar-refractivity contribution in [2.45, 2.75) is 29.9 Å². The van der Waals surface area contributed by atoms with Crippen LogP contribution in [0.3, 0.4) is 0 Å². The van der Waals surface area contributed by atoms with Crippen molar-refractivity contribution in [3.8, 4) is 0 Å². The van der Waals surface area contributed by atoms with Crippen LogP contribution in [0.5, 0.6) is 0 Å². The van der Waals surface area contributed by atoms with E-state index in [2.05, 4.69) is 52.3 Å². The molecule has 0 aliphatic heterocycles. The van der Waals surface area contributed by atoms with Gasteiger partial charge in [-0.05, 0) is 6.42 Å². The Morgan fingerprint density at radius 1 is 1.35 bits per heavy atom. The van der Waals surface area contributed by atoms with Gasteiger partial charge in [0.25, 0.3) is 0 Å². The SMILES string of the molecule is CC(C)(COP(=O)(O)O)C(Br)CC(Br)CBr.[NaH]. The maximum absolute atomic E-state index is 10.6. The number of hydrogen-bond acceptors (Lipinski definition) is 2. The molecule has 0 aromatic heterocycles. The third kappa shape index (κ3) is 10.9. The monoisotopic (exact) mass is 468 g/mol. The van der Waals surface area contributed by atoms with Gasteiger partial charge >= 0.3 is 37.4 Å². The Hall–Kier alpha value is 2.55. The summed E-state index contributed by atoms with van der Waals surface area (Å²) in [6.07, 6.45) is 0.836. The molecule has 0 saturated carbocycles. The molecule has 17 heavy (non-hydrogen) atoms. The average molecular weight is 471 g/mol. The summed E-state index contributed by atoms with van der Waals surface area (Å²) in [5.41, 5.74) is -0.352. The van der Waals surface area contributed by atoms with E-state index in [0.29, 0.717) is 4.83 Å². The summed E-state index contributed by atoms with van der Waals surface area (Å²) < 4.78 is 15.2. The molecule has 0 aliphatic rings. The van der Waals surface area contributed by atoms with Gasteiger partial charge in [0.2, 0.25) is 0 Å². The Balaban J connectivity index is 0. The van der Waals surface area contributed by atoms with E-state index in [1.807, 2.05) is 13.8 Å². The quantitative estimate of drug-likeness (QED) is 0.341. The summed E-state index contributed by atoms with van der Waals surface area (Å²) in [6.45, 7) is 3.81. The van der Waals surface area contributed by atoms with Crippen LogP contribution in [0.1, 0.15) is 20.3 Å². The van der Waals surface area contributed by atoms with Gasteiger partial charge in [0.05, 0.1) is 6.61 Å². The first-order chi connectivity index (χ1) is 7.08. The van der Waals surface area contributed by atoms with Gasteiger partial charge in [-0.15, -0.1) is 0 Å². The van der Waals surface area contributed by atoms with Crippen LogP contribution in [0.25, 0.3) is 0 Å². The molecule has 9 heteroatoms. The van der Waals surface area contributed by atoms with Crippen LogP contribution < -0.4 is 0 Å². The number of phosphoric acid groups is 1. The normalized spacial score (nSPS) is 16.2. The molecular formula is C8H17Br3NaO4P.